The van der Waals surface area contributed by atoms with Gasteiger partial charge in [0.05, 0.1) is 10.6 Å². The van der Waals surface area contributed by atoms with Crippen molar-refractivity contribution in [2.45, 2.75) is 13.8 Å². The third-order valence-electron chi connectivity index (χ3n) is 1.93. The van der Waals surface area contributed by atoms with Crippen molar-refractivity contribution >= 4 is 17.5 Å². The third-order valence-corrected chi connectivity index (χ3v) is 2.22. The van der Waals surface area contributed by atoms with E-state index in [1.54, 1.807) is 0 Å². The zero-order valence-corrected chi connectivity index (χ0v) is 9.74. The molecule has 0 atom stereocenters. The Balaban J connectivity index is 2.87. The standard InChI is InChI=1S/C11H12ClF2NO/c1-6(2)5-15-11(16)7-3-10(14)8(12)4-9(7)13/h3-4,6H,5H2,1-2H3,(H,15,16). The second kappa shape index (κ2) is 5.25. The number of nitrogens with one attached hydrogen (secondary N) is 1. The molecule has 1 amide bonds. The van der Waals surface area contributed by atoms with Crippen molar-refractivity contribution in [3.05, 3.63) is 34.4 Å². The van der Waals surface area contributed by atoms with Gasteiger partial charge in [-0.3, -0.25) is 4.79 Å². The molecule has 1 rings (SSSR count). The second-order valence-electron chi connectivity index (χ2n) is 3.85. The summed E-state index contributed by atoms with van der Waals surface area (Å²) >= 11 is 5.37. The Morgan fingerprint density at radius 1 is 1.38 bits per heavy atom. The van der Waals surface area contributed by atoms with Crippen LogP contribution in [-0.2, 0) is 0 Å². The zero-order chi connectivity index (χ0) is 12.3. The molecule has 0 bridgehead atoms. The third kappa shape index (κ3) is 3.17. The fourth-order valence-corrected chi connectivity index (χ4v) is 1.24. The lowest BCUT2D eigenvalue weighted by Crippen LogP contribution is -2.28. The molecule has 0 radical (unpaired) electrons. The van der Waals surface area contributed by atoms with Gasteiger partial charge in [0.25, 0.3) is 5.91 Å². The molecule has 0 unspecified atom stereocenters. The van der Waals surface area contributed by atoms with Crippen LogP contribution in [0.15, 0.2) is 12.1 Å². The highest BCUT2D eigenvalue weighted by Gasteiger charge is 2.15. The Hall–Kier alpha value is -1.16. The summed E-state index contributed by atoms with van der Waals surface area (Å²) in [4.78, 5) is 11.5. The molecule has 16 heavy (non-hydrogen) atoms. The van der Waals surface area contributed by atoms with Crippen molar-refractivity contribution in [2.75, 3.05) is 6.54 Å². The lowest BCUT2D eigenvalue weighted by molar-refractivity contribution is 0.0944. The van der Waals surface area contributed by atoms with Crippen LogP contribution in [-0.4, -0.2) is 12.5 Å². The fourth-order valence-electron chi connectivity index (χ4n) is 1.09. The maximum Gasteiger partial charge on any atom is 0.254 e. The minimum Gasteiger partial charge on any atom is -0.352 e. The number of carbonyl (C=O) groups excluding carboxylic acids is 1. The molecule has 0 saturated carbocycles. The van der Waals surface area contributed by atoms with Gasteiger partial charge in [-0.2, -0.15) is 0 Å². The van der Waals surface area contributed by atoms with Crippen molar-refractivity contribution in [3.8, 4) is 0 Å². The second-order valence-corrected chi connectivity index (χ2v) is 4.26. The van der Waals surface area contributed by atoms with Crippen LogP contribution in [0.3, 0.4) is 0 Å². The number of benzene rings is 1. The largest absolute Gasteiger partial charge is 0.352 e. The first kappa shape index (κ1) is 12.9. The number of hydrogen-bond acceptors (Lipinski definition) is 1. The highest BCUT2D eigenvalue weighted by Crippen LogP contribution is 2.19. The summed E-state index contributed by atoms with van der Waals surface area (Å²) in [6.45, 7) is 4.21. The normalized spacial score (nSPS) is 10.6. The van der Waals surface area contributed by atoms with Crippen LogP contribution in [0.25, 0.3) is 0 Å². The van der Waals surface area contributed by atoms with Gasteiger partial charge in [-0.25, -0.2) is 8.78 Å². The summed E-state index contributed by atoms with van der Waals surface area (Å²) in [5.41, 5.74) is -0.331. The lowest BCUT2D eigenvalue weighted by Gasteiger charge is -2.08. The number of rotatable bonds is 3. The Bertz CT molecular complexity index is 407. The van der Waals surface area contributed by atoms with Crippen molar-refractivity contribution in [2.24, 2.45) is 5.92 Å². The topological polar surface area (TPSA) is 29.1 Å². The predicted octanol–water partition coefficient (Wildman–Crippen LogP) is 3.00. The molecule has 0 aliphatic rings. The van der Waals surface area contributed by atoms with Crippen molar-refractivity contribution < 1.29 is 13.6 Å². The van der Waals surface area contributed by atoms with Gasteiger partial charge in [-0.05, 0) is 18.1 Å². The Morgan fingerprint density at radius 2 is 2.00 bits per heavy atom. The molecule has 5 heteroatoms. The van der Waals surface area contributed by atoms with E-state index in [9.17, 15) is 13.6 Å². The van der Waals surface area contributed by atoms with E-state index < -0.39 is 17.5 Å². The van der Waals surface area contributed by atoms with Crippen LogP contribution in [0.5, 0.6) is 0 Å². The maximum atomic E-state index is 13.3. The van der Waals surface area contributed by atoms with Gasteiger partial charge in [0, 0.05) is 6.54 Å². The summed E-state index contributed by atoms with van der Waals surface area (Å²) in [5, 5.41) is 2.16. The molecule has 0 spiro atoms. The summed E-state index contributed by atoms with van der Waals surface area (Å²) in [5.74, 6) is -2.03. The molecule has 1 aromatic carbocycles. The average Bonchev–Trinajstić information content (AvgIpc) is 2.20. The van der Waals surface area contributed by atoms with E-state index in [1.807, 2.05) is 13.8 Å². The van der Waals surface area contributed by atoms with Crippen LogP contribution in [0.1, 0.15) is 24.2 Å². The Labute approximate surface area is 97.6 Å². The highest BCUT2D eigenvalue weighted by molar-refractivity contribution is 6.30. The molecule has 0 aliphatic carbocycles. The van der Waals surface area contributed by atoms with E-state index in [0.29, 0.717) is 6.54 Å². The molecule has 2 nitrogen and oxygen atoms in total. The van der Waals surface area contributed by atoms with Gasteiger partial charge in [-0.15, -0.1) is 0 Å². The fraction of sp³-hybridized carbons (Fsp3) is 0.364. The molecular formula is C11H12ClF2NO. The molecule has 0 heterocycles. The highest BCUT2D eigenvalue weighted by atomic mass is 35.5. The number of hydrogen-bond donors (Lipinski definition) is 1. The molecule has 1 N–H and O–H groups in total. The number of halogens is 3. The van der Waals surface area contributed by atoms with Crippen LogP contribution >= 0.6 is 11.6 Å². The van der Waals surface area contributed by atoms with Crippen LogP contribution in [0, 0.1) is 17.6 Å². The van der Waals surface area contributed by atoms with Gasteiger partial charge in [-0.1, -0.05) is 25.4 Å². The SMILES string of the molecule is CC(C)CNC(=O)c1cc(F)c(Cl)cc1F. The molecule has 1 aromatic rings. The van der Waals surface area contributed by atoms with Crippen molar-refractivity contribution in [1.82, 2.24) is 5.32 Å². The van der Waals surface area contributed by atoms with E-state index in [2.05, 4.69) is 5.32 Å². The maximum absolute atomic E-state index is 13.3. The van der Waals surface area contributed by atoms with Gasteiger partial charge in [0.1, 0.15) is 11.6 Å². The molecule has 0 aromatic heterocycles. The van der Waals surface area contributed by atoms with Gasteiger partial charge >= 0.3 is 0 Å². The van der Waals surface area contributed by atoms with E-state index in [4.69, 9.17) is 11.6 Å². The molecule has 88 valence electrons. The van der Waals surface area contributed by atoms with Gasteiger partial charge in [0.2, 0.25) is 0 Å². The van der Waals surface area contributed by atoms with Crippen molar-refractivity contribution in [3.63, 3.8) is 0 Å². The van der Waals surface area contributed by atoms with Crippen LogP contribution in [0.4, 0.5) is 8.78 Å². The van der Waals surface area contributed by atoms with Gasteiger partial charge < -0.3 is 5.32 Å². The zero-order valence-electron chi connectivity index (χ0n) is 8.98. The van der Waals surface area contributed by atoms with E-state index >= 15 is 0 Å². The quantitative estimate of drug-likeness (QED) is 0.818. The number of carbonyl (C=O) groups is 1. The molecular weight excluding hydrogens is 236 g/mol. The first-order valence-corrected chi connectivity index (χ1v) is 5.22. The Morgan fingerprint density at radius 3 is 2.56 bits per heavy atom. The van der Waals surface area contributed by atoms with Crippen molar-refractivity contribution in [1.29, 1.82) is 0 Å². The summed E-state index contributed by atoms with van der Waals surface area (Å²) in [7, 11) is 0. The smallest absolute Gasteiger partial charge is 0.254 e. The van der Waals surface area contributed by atoms with Gasteiger partial charge in [0.15, 0.2) is 0 Å². The predicted molar refractivity (Wildman–Crippen MR) is 58.5 cm³/mol. The lowest BCUT2D eigenvalue weighted by atomic mass is 10.1. The van der Waals surface area contributed by atoms with E-state index in [1.165, 1.54) is 0 Å². The van der Waals surface area contributed by atoms with Crippen LogP contribution in [0.2, 0.25) is 5.02 Å². The Kier molecular flexibility index (Phi) is 4.24. The minimum absolute atomic E-state index is 0.240. The first-order chi connectivity index (χ1) is 7.41. The average molecular weight is 248 g/mol. The van der Waals surface area contributed by atoms with E-state index in [-0.39, 0.29) is 16.5 Å². The first-order valence-electron chi connectivity index (χ1n) is 4.84. The summed E-state index contributed by atoms with van der Waals surface area (Å²) in [6.07, 6.45) is 0. The summed E-state index contributed by atoms with van der Waals surface area (Å²) in [6, 6.07) is 1.59. The summed E-state index contributed by atoms with van der Waals surface area (Å²) < 4.78 is 26.3. The minimum atomic E-state index is -0.826. The molecule has 0 saturated heterocycles. The van der Waals surface area contributed by atoms with E-state index in [0.717, 1.165) is 12.1 Å². The number of amides is 1. The van der Waals surface area contributed by atoms with Crippen LogP contribution < -0.4 is 5.32 Å². The molecule has 0 aliphatic heterocycles. The monoisotopic (exact) mass is 247 g/mol. The molecule has 0 fully saturated rings.